The lowest BCUT2D eigenvalue weighted by atomic mass is 10.1. The number of ether oxygens (including phenoxy) is 2. The maximum atomic E-state index is 12.1. The number of para-hydroxylation sites is 1. The number of rotatable bonds is 7. The number of likely N-dealkylation sites (N-methyl/N-ethyl adjacent to an activating group) is 1. The molecular weight excluding hydrogens is 332 g/mol. The first kappa shape index (κ1) is 19.3. The van der Waals surface area contributed by atoms with Gasteiger partial charge in [0.05, 0.1) is 0 Å². The Balaban J connectivity index is 1.84. The van der Waals surface area contributed by atoms with Gasteiger partial charge in [-0.3, -0.25) is 9.59 Å². The van der Waals surface area contributed by atoms with Crippen LogP contribution in [0.1, 0.15) is 11.1 Å². The van der Waals surface area contributed by atoms with Crippen LogP contribution in [-0.4, -0.2) is 44.0 Å². The van der Waals surface area contributed by atoms with E-state index in [1.165, 1.54) is 4.90 Å². The molecule has 0 aromatic heterocycles. The average Bonchev–Trinajstić information content (AvgIpc) is 2.60. The smallest absolute Gasteiger partial charge is 0.262 e. The van der Waals surface area contributed by atoms with Gasteiger partial charge >= 0.3 is 0 Å². The zero-order chi connectivity index (χ0) is 19.1. The fraction of sp³-hybridized carbons (Fsp3) is 0.300. The SMILES string of the molecule is Cc1cccc(C)c1OCC(=O)Nc1ccc(OCC(=O)N(C)C)cc1. The van der Waals surface area contributed by atoms with E-state index in [1.54, 1.807) is 38.4 Å². The van der Waals surface area contributed by atoms with Crippen LogP contribution in [0.25, 0.3) is 0 Å². The normalized spacial score (nSPS) is 10.2. The number of amides is 2. The van der Waals surface area contributed by atoms with E-state index in [1.807, 2.05) is 32.0 Å². The Hall–Kier alpha value is -3.02. The molecule has 0 fully saturated rings. The molecule has 0 bridgehead atoms. The molecule has 0 aliphatic rings. The molecule has 2 aromatic carbocycles. The van der Waals surface area contributed by atoms with E-state index in [0.29, 0.717) is 11.4 Å². The highest BCUT2D eigenvalue weighted by Gasteiger charge is 2.08. The third kappa shape index (κ3) is 5.51. The Morgan fingerprint density at radius 2 is 1.54 bits per heavy atom. The quantitative estimate of drug-likeness (QED) is 0.828. The van der Waals surface area contributed by atoms with Gasteiger partial charge in [-0.2, -0.15) is 0 Å². The lowest BCUT2D eigenvalue weighted by Crippen LogP contribution is -2.27. The maximum absolute atomic E-state index is 12.1. The van der Waals surface area contributed by atoms with E-state index in [0.717, 1.165) is 16.9 Å². The Morgan fingerprint density at radius 1 is 0.923 bits per heavy atom. The molecule has 0 atom stereocenters. The molecule has 0 saturated heterocycles. The number of anilines is 1. The number of aryl methyl sites for hydroxylation is 2. The molecule has 0 aliphatic carbocycles. The van der Waals surface area contributed by atoms with Gasteiger partial charge in [-0.1, -0.05) is 18.2 Å². The van der Waals surface area contributed by atoms with E-state index in [-0.39, 0.29) is 25.0 Å². The Kier molecular flexibility index (Phi) is 6.60. The molecule has 6 nitrogen and oxygen atoms in total. The first-order valence-corrected chi connectivity index (χ1v) is 8.28. The molecule has 2 amide bonds. The van der Waals surface area contributed by atoms with Crippen LogP contribution in [0.4, 0.5) is 5.69 Å². The molecule has 26 heavy (non-hydrogen) atoms. The van der Waals surface area contributed by atoms with Crippen molar-refractivity contribution in [3.05, 3.63) is 53.6 Å². The first-order valence-electron chi connectivity index (χ1n) is 8.28. The van der Waals surface area contributed by atoms with Gasteiger partial charge in [0.2, 0.25) is 0 Å². The van der Waals surface area contributed by atoms with Crippen molar-refractivity contribution in [1.82, 2.24) is 4.90 Å². The van der Waals surface area contributed by atoms with E-state index in [4.69, 9.17) is 9.47 Å². The summed E-state index contributed by atoms with van der Waals surface area (Å²) in [5.41, 5.74) is 2.62. The summed E-state index contributed by atoms with van der Waals surface area (Å²) in [5, 5.41) is 2.77. The highest BCUT2D eigenvalue weighted by atomic mass is 16.5. The van der Waals surface area contributed by atoms with Crippen molar-refractivity contribution in [2.24, 2.45) is 0 Å². The first-order chi connectivity index (χ1) is 12.4. The summed E-state index contributed by atoms with van der Waals surface area (Å²) in [6.07, 6.45) is 0. The summed E-state index contributed by atoms with van der Waals surface area (Å²) in [7, 11) is 3.34. The summed E-state index contributed by atoms with van der Waals surface area (Å²) in [4.78, 5) is 25.0. The minimum atomic E-state index is -0.246. The molecule has 1 N–H and O–H groups in total. The van der Waals surface area contributed by atoms with Crippen LogP contribution in [0, 0.1) is 13.8 Å². The van der Waals surface area contributed by atoms with E-state index in [9.17, 15) is 9.59 Å². The van der Waals surface area contributed by atoms with E-state index in [2.05, 4.69) is 5.32 Å². The van der Waals surface area contributed by atoms with Crippen molar-refractivity contribution in [3.8, 4) is 11.5 Å². The van der Waals surface area contributed by atoms with Crippen molar-refractivity contribution in [1.29, 1.82) is 0 Å². The number of carbonyl (C=O) groups excluding carboxylic acids is 2. The number of nitrogens with one attached hydrogen (secondary N) is 1. The second kappa shape index (κ2) is 8.89. The van der Waals surface area contributed by atoms with Gasteiger partial charge in [-0.05, 0) is 49.2 Å². The summed E-state index contributed by atoms with van der Waals surface area (Å²) >= 11 is 0. The minimum Gasteiger partial charge on any atom is -0.484 e. The molecule has 0 radical (unpaired) electrons. The van der Waals surface area contributed by atoms with Crippen molar-refractivity contribution < 1.29 is 19.1 Å². The lowest BCUT2D eigenvalue weighted by Gasteiger charge is -2.13. The van der Waals surface area contributed by atoms with Crippen LogP contribution in [0.5, 0.6) is 11.5 Å². The van der Waals surface area contributed by atoms with Crippen LogP contribution in [-0.2, 0) is 9.59 Å². The minimum absolute atomic E-state index is 0.0255. The third-order valence-electron chi connectivity index (χ3n) is 3.76. The Bertz CT molecular complexity index is 750. The molecule has 6 heteroatoms. The van der Waals surface area contributed by atoms with Gasteiger partial charge in [0.25, 0.3) is 11.8 Å². The highest BCUT2D eigenvalue weighted by Crippen LogP contribution is 2.22. The molecule has 0 saturated carbocycles. The largest absolute Gasteiger partial charge is 0.484 e. The summed E-state index contributed by atoms with van der Waals surface area (Å²) in [6, 6.07) is 12.7. The maximum Gasteiger partial charge on any atom is 0.262 e. The van der Waals surface area contributed by atoms with Crippen molar-refractivity contribution in [3.63, 3.8) is 0 Å². The predicted molar refractivity (Wildman–Crippen MR) is 101 cm³/mol. The third-order valence-corrected chi connectivity index (χ3v) is 3.76. The highest BCUT2D eigenvalue weighted by molar-refractivity contribution is 5.92. The summed E-state index contributed by atoms with van der Waals surface area (Å²) in [5.74, 6) is 0.928. The predicted octanol–water partition coefficient (Wildman–Crippen LogP) is 2.79. The molecular formula is C20H24N2O4. The average molecular weight is 356 g/mol. The Labute approximate surface area is 153 Å². The standard InChI is InChI=1S/C20H24N2O4/c1-14-6-5-7-15(2)20(14)26-12-18(23)21-16-8-10-17(11-9-16)25-13-19(24)22(3)4/h5-11H,12-13H2,1-4H3,(H,21,23). The van der Waals surface area contributed by atoms with Gasteiger partial charge in [0, 0.05) is 19.8 Å². The van der Waals surface area contributed by atoms with Gasteiger partial charge in [-0.25, -0.2) is 0 Å². The molecule has 0 unspecified atom stereocenters. The van der Waals surface area contributed by atoms with Gasteiger partial charge < -0.3 is 19.7 Å². The number of carbonyl (C=O) groups is 2. The number of hydrogen-bond donors (Lipinski definition) is 1. The number of nitrogens with zero attached hydrogens (tertiary/aromatic N) is 1. The number of hydrogen-bond acceptors (Lipinski definition) is 4. The molecule has 2 rings (SSSR count). The molecule has 0 heterocycles. The fourth-order valence-electron chi connectivity index (χ4n) is 2.27. The van der Waals surface area contributed by atoms with Gasteiger partial charge in [0.1, 0.15) is 11.5 Å². The second-order valence-electron chi connectivity index (χ2n) is 6.16. The van der Waals surface area contributed by atoms with Crippen molar-refractivity contribution >= 4 is 17.5 Å². The van der Waals surface area contributed by atoms with E-state index < -0.39 is 0 Å². The van der Waals surface area contributed by atoms with Crippen LogP contribution in [0.2, 0.25) is 0 Å². The lowest BCUT2D eigenvalue weighted by molar-refractivity contribution is -0.130. The molecule has 0 spiro atoms. The van der Waals surface area contributed by atoms with Crippen molar-refractivity contribution in [2.45, 2.75) is 13.8 Å². The Morgan fingerprint density at radius 3 is 2.12 bits per heavy atom. The molecule has 138 valence electrons. The monoisotopic (exact) mass is 356 g/mol. The zero-order valence-corrected chi connectivity index (χ0v) is 15.5. The molecule has 0 aliphatic heterocycles. The number of benzene rings is 2. The topological polar surface area (TPSA) is 67.9 Å². The van der Waals surface area contributed by atoms with Crippen molar-refractivity contribution in [2.75, 3.05) is 32.6 Å². The summed E-state index contributed by atoms with van der Waals surface area (Å²) in [6.45, 7) is 3.80. The second-order valence-corrected chi connectivity index (χ2v) is 6.16. The van der Waals surface area contributed by atoms with Crippen LogP contribution >= 0.6 is 0 Å². The van der Waals surface area contributed by atoms with Gasteiger partial charge in [-0.15, -0.1) is 0 Å². The fourth-order valence-corrected chi connectivity index (χ4v) is 2.27. The van der Waals surface area contributed by atoms with Gasteiger partial charge in [0.15, 0.2) is 13.2 Å². The van der Waals surface area contributed by atoms with Crippen LogP contribution in [0.15, 0.2) is 42.5 Å². The van der Waals surface area contributed by atoms with Crippen LogP contribution < -0.4 is 14.8 Å². The summed E-state index contributed by atoms with van der Waals surface area (Å²) < 4.78 is 11.0. The van der Waals surface area contributed by atoms with E-state index >= 15 is 0 Å². The molecule has 2 aromatic rings. The zero-order valence-electron chi connectivity index (χ0n) is 15.5. The van der Waals surface area contributed by atoms with Crippen LogP contribution in [0.3, 0.4) is 0 Å².